The van der Waals surface area contributed by atoms with Gasteiger partial charge in [-0.1, -0.05) is 6.92 Å². The summed E-state index contributed by atoms with van der Waals surface area (Å²) in [4.78, 5) is 11.4. The molecule has 1 saturated heterocycles. The lowest BCUT2D eigenvalue weighted by Gasteiger charge is -2.32. The van der Waals surface area contributed by atoms with E-state index in [0.29, 0.717) is 0 Å². The van der Waals surface area contributed by atoms with Crippen LogP contribution in [-0.4, -0.2) is 42.7 Å². The highest BCUT2D eigenvalue weighted by Crippen LogP contribution is 2.37. The van der Waals surface area contributed by atoms with Crippen LogP contribution in [0.5, 0.6) is 5.75 Å². The number of phenolic OH excluding ortho intramolecular Hbond substituents is 1. The van der Waals surface area contributed by atoms with Crippen molar-refractivity contribution < 1.29 is 41.5 Å². The van der Waals surface area contributed by atoms with Gasteiger partial charge < -0.3 is 19.2 Å². The van der Waals surface area contributed by atoms with Crippen LogP contribution < -0.4 is 5.46 Å². The van der Waals surface area contributed by atoms with Gasteiger partial charge >= 0.3 is 19.3 Å². The minimum atomic E-state index is -3.96. The average Bonchev–Trinajstić information content (AvgIpc) is 2.76. The molecule has 1 fully saturated rings. The predicted molar refractivity (Wildman–Crippen MR) is 91.5 cm³/mol. The van der Waals surface area contributed by atoms with Crippen molar-refractivity contribution in [3.8, 4) is 5.75 Å². The Balaban J connectivity index is 0.000000527. The van der Waals surface area contributed by atoms with Crippen LogP contribution in [0.3, 0.4) is 0 Å². The van der Waals surface area contributed by atoms with Crippen LogP contribution in [0.25, 0.3) is 0 Å². The lowest BCUT2D eigenvalue weighted by molar-refractivity contribution is -0.130. The van der Waals surface area contributed by atoms with Gasteiger partial charge in [0.2, 0.25) is 0 Å². The minimum absolute atomic E-state index is 0.0406. The van der Waals surface area contributed by atoms with Crippen molar-refractivity contribution in [3.63, 3.8) is 0 Å². The molecule has 0 radical (unpaired) electrons. The van der Waals surface area contributed by atoms with Gasteiger partial charge in [-0.15, -0.1) is 0 Å². The first-order valence-corrected chi connectivity index (χ1v) is 8.18. The highest BCUT2D eigenvalue weighted by atomic mass is 19.4. The van der Waals surface area contributed by atoms with Crippen molar-refractivity contribution in [2.24, 2.45) is 0 Å². The number of rotatable bonds is 2. The molecule has 0 amide bonds. The Labute approximate surface area is 155 Å². The third-order valence-corrected chi connectivity index (χ3v) is 4.43. The van der Waals surface area contributed by atoms with E-state index < -0.39 is 42.7 Å². The molecule has 0 bridgehead atoms. The van der Waals surface area contributed by atoms with Crippen LogP contribution >= 0.6 is 0 Å². The number of benzene rings is 1. The van der Waals surface area contributed by atoms with Crippen LogP contribution in [0.1, 0.15) is 51.4 Å². The van der Waals surface area contributed by atoms with Crippen molar-refractivity contribution in [1.29, 1.82) is 0 Å². The number of carbonyl (C=O) groups excluding carboxylic acids is 1. The largest absolute Gasteiger partial charge is 0.507 e. The molecule has 0 saturated carbocycles. The average molecular weight is 394 g/mol. The van der Waals surface area contributed by atoms with Crippen molar-refractivity contribution in [2.75, 3.05) is 7.11 Å². The lowest BCUT2D eigenvalue weighted by atomic mass is 9.78. The van der Waals surface area contributed by atoms with Crippen LogP contribution in [-0.2, 0) is 14.0 Å². The van der Waals surface area contributed by atoms with E-state index in [2.05, 4.69) is 4.74 Å². The molecule has 1 heterocycles. The normalized spacial score (nSPS) is 17.9. The molecule has 0 aliphatic carbocycles. The number of aromatic hydroxyl groups is 1. The second kappa shape index (κ2) is 8.06. The number of esters is 1. The molecule has 1 aliphatic heterocycles. The van der Waals surface area contributed by atoms with Gasteiger partial charge in [0.1, 0.15) is 17.1 Å². The van der Waals surface area contributed by atoms with Gasteiger partial charge in [-0.2, -0.15) is 13.2 Å². The van der Waals surface area contributed by atoms with E-state index in [1.165, 1.54) is 0 Å². The van der Waals surface area contributed by atoms with Crippen LogP contribution in [0.2, 0.25) is 0 Å². The topological polar surface area (TPSA) is 65.0 Å². The van der Waals surface area contributed by atoms with Crippen molar-refractivity contribution in [2.45, 2.75) is 58.4 Å². The first-order chi connectivity index (χ1) is 12.1. The van der Waals surface area contributed by atoms with E-state index in [4.69, 9.17) is 9.31 Å². The molecule has 0 unspecified atom stereocenters. The lowest BCUT2D eigenvalue weighted by Crippen LogP contribution is -2.41. The number of carbonyl (C=O) groups is 1. The van der Waals surface area contributed by atoms with Gasteiger partial charge in [0.25, 0.3) is 0 Å². The van der Waals surface area contributed by atoms with Gasteiger partial charge in [-0.05, 0) is 39.8 Å². The minimum Gasteiger partial charge on any atom is -0.507 e. The summed E-state index contributed by atoms with van der Waals surface area (Å²) >= 11 is 0. The summed E-state index contributed by atoms with van der Waals surface area (Å²) in [6.07, 6.45) is -4.69. The molecule has 0 spiro atoms. The standard InChI is InChI=1S/C14H18BFO5.C3H5F3/c1-13(2)14(3,4)21-15(20-13)9-7-11(17)8(6-10(9)16)12(18)19-5;1-2-3(4,5)6/h6-7,17H,1-5H3;2H2,1H3. The zero-order valence-corrected chi connectivity index (χ0v) is 16.0. The third-order valence-electron chi connectivity index (χ3n) is 4.43. The molecule has 27 heavy (non-hydrogen) atoms. The van der Waals surface area contributed by atoms with Gasteiger partial charge in [0.05, 0.1) is 18.3 Å². The summed E-state index contributed by atoms with van der Waals surface area (Å²) in [5.74, 6) is -1.90. The van der Waals surface area contributed by atoms with Gasteiger partial charge in [0.15, 0.2) is 0 Å². The molecule has 10 heteroatoms. The van der Waals surface area contributed by atoms with E-state index in [9.17, 15) is 27.5 Å². The Morgan fingerprint density at radius 3 is 2.00 bits per heavy atom. The Bertz CT molecular complexity index is 673. The van der Waals surface area contributed by atoms with Crippen molar-refractivity contribution in [3.05, 3.63) is 23.5 Å². The van der Waals surface area contributed by atoms with E-state index >= 15 is 0 Å². The molecule has 1 aromatic carbocycles. The Morgan fingerprint density at radius 1 is 1.19 bits per heavy atom. The van der Waals surface area contributed by atoms with Crippen molar-refractivity contribution in [1.82, 2.24) is 0 Å². The van der Waals surface area contributed by atoms with E-state index in [1.807, 2.05) is 27.7 Å². The second-order valence-electron chi connectivity index (χ2n) is 6.94. The molecule has 0 atom stereocenters. The molecule has 1 aliphatic rings. The number of hydrogen-bond acceptors (Lipinski definition) is 5. The van der Waals surface area contributed by atoms with E-state index in [1.54, 1.807) is 0 Å². The summed E-state index contributed by atoms with van der Waals surface area (Å²) < 4.78 is 62.5. The van der Waals surface area contributed by atoms with E-state index in [0.717, 1.165) is 26.2 Å². The van der Waals surface area contributed by atoms with Crippen LogP contribution in [0.15, 0.2) is 12.1 Å². The molecule has 5 nitrogen and oxygen atoms in total. The van der Waals surface area contributed by atoms with Crippen LogP contribution in [0, 0.1) is 5.82 Å². The predicted octanol–water partition coefficient (Wildman–Crippen LogP) is 3.58. The SMILES string of the molecule is CCC(F)(F)F.COC(=O)c1cc(F)c(B2OC(C)(C)C(C)(C)O2)cc1O. The number of methoxy groups -OCH3 is 1. The highest BCUT2D eigenvalue weighted by molar-refractivity contribution is 6.62. The number of halogens is 4. The Kier molecular flexibility index (Phi) is 6.93. The maximum atomic E-state index is 14.2. The molecule has 2 rings (SSSR count). The summed E-state index contributed by atoms with van der Waals surface area (Å²) in [5, 5.41) is 9.86. The summed E-state index contributed by atoms with van der Waals surface area (Å²) in [6.45, 7) is 8.45. The quantitative estimate of drug-likeness (QED) is 0.472. The first kappa shape index (κ1) is 23.2. The number of ether oxygens (including phenoxy) is 1. The smallest absolute Gasteiger partial charge is 0.497 e. The molecule has 0 aromatic heterocycles. The maximum absolute atomic E-state index is 14.2. The second-order valence-corrected chi connectivity index (χ2v) is 6.94. The van der Waals surface area contributed by atoms with Gasteiger partial charge in [-0.3, -0.25) is 0 Å². The number of alkyl halides is 3. The van der Waals surface area contributed by atoms with Gasteiger partial charge in [0, 0.05) is 11.9 Å². The molecular formula is C17H23BF4O5. The van der Waals surface area contributed by atoms with Crippen LogP contribution in [0.4, 0.5) is 17.6 Å². The number of hydrogen-bond donors (Lipinski definition) is 1. The molecule has 1 N–H and O–H groups in total. The van der Waals surface area contributed by atoms with E-state index in [-0.39, 0.29) is 16.8 Å². The Morgan fingerprint density at radius 2 is 1.63 bits per heavy atom. The third kappa shape index (κ3) is 5.59. The van der Waals surface area contributed by atoms with Gasteiger partial charge in [-0.25, -0.2) is 9.18 Å². The summed E-state index contributed by atoms with van der Waals surface area (Å²) in [7, 11) is 0.203. The highest BCUT2D eigenvalue weighted by Gasteiger charge is 2.52. The number of phenols is 1. The fourth-order valence-corrected chi connectivity index (χ4v) is 2.00. The molecular weight excluding hydrogens is 371 g/mol. The fraction of sp³-hybridized carbons (Fsp3) is 0.588. The fourth-order valence-electron chi connectivity index (χ4n) is 2.00. The van der Waals surface area contributed by atoms with Crippen molar-refractivity contribution >= 4 is 18.6 Å². The summed E-state index contributed by atoms with van der Waals surface area (Å²) in [5.41, 5.74) is -1.45. The molecule has 1 aromatic rings. The monoisotopic (exact) mass is 394 g/mol. The first-order valence-electron chi connectivity index (χ1n) is 8.18. The Hall–Kier alpha value is -1.81. The molecule has 152 valence electrons. The maximum Gasteiger partial charge on any atom is 0.497 e. The summed E-state index contributed by atoms with van der Waals surface area (Å²) in [6, 6.07) is 2.05. The zero-order chi connectivity index (χ0) is 21.2. The zero-order valence-electron chi connectivity index (χ0n) is 16.0.